The molecule has 0 aliphatic carbocycles. The largest absolute Gasteiger partial charge is 0.476 e. The number of amides is 1. The number of carbonyl (C=O) groups excluding carboxylic acids is 1. The number of nitrogens with zero attached hydrogens (tertiary/aromatic N) is 2. The molecule has 2 aromatic carbocycles. The summed E-state index contributed by atoms with van der Waals surface area (Å²) < 4.78 is 33.9. The van der Waals surface area contributed by atoms with Gasteiger partial charge < -0.3 is 9.64 Å². The Morgan fingerprint density at radius 3 is 2.31 bits per heavy atom. The number of hydrogen-bond donors (Lipinski definition) is 0. The smallest absolute Gasteiger partial charge is 0.265 e. The van der Waals surface area contributed by atoms with E-state index in [1.165, 1.54) is 16.4 Å². The van der Waals surface area contributed by atoms with E-state index in [2.05, 4.69) is 0 Å². The number of hydrogen-bond acceptors (Lipinski definition) is 4. The lowest BCUT2D eigenvalue weighted by molar-refractivity contribution is -0.138. The number of halogens is 1. The van der Waals surface area contributed by atoms with Crippen molar-refractivity contribution in [2.24, 2.45) is 0 Å². The number of likely N-dealkylation sites (tertiary alicyclic amines) is 1. The molecule has 0 saturated carbocycles. The summed E-state index contributed by atoms with van der Waals surface area (Å²) in [4.78, 5) is 15.1. The van der Waals surface area contributed by atoms with Gasteiger partial charge in [0.25, 0.3) is 15.9 Å². The number of rotatable bonds is 3. The summed E-state index contributed by atoms with van der Waals surface area (Å²) in [6.45, 7) is 1.31. The highest BCUT2D eigenvalue weighted by atomic mass is 35.5. The monoisotopic (exact) mass is 434 g/mol. The van der Waals surface area contributed by atoms with E-state index in [9.17, 15) is 13.2 Å². The van der Waals surface area contributed by atoms with Crippen LogP contribution in [-0.2, 0) is 14.8 Å². The van der Waals surface area contributed by atoms with Crippen molar-refractivity contribution < 1.29 is 17.9 Å². The quantitative estimate of drug-likeness (QED) is 0.738. The third-order valence-corrected chi connectivity index (χ3v) is 7.38. The van der Waals surface area contributed by atoms with Crippen molar-refractivity contribution in [3.05, 3.63) is 53.6 Å². The molecular formula is C21H23ClN2O4S. The second-order valence-electron chi connectivity index (χ2n) is 7.30. The lowest BCUT2D eigenvalue weighted by Crippen LogP contribution is -2.52. The molecule has 1 amide bonds. The van der Waals surface area contributed by atoms with Gasteiger partial charge in [0, 0.05) is 18.1 Å². The number of para-hydroxylation sites is 2. The van der Waals surface area contributed by atoms with E-state index in [4.69, 9.17) is 16.3 Å². The Bertz CT molecular complexity index is 986. The molecule has 8 heteroatoms. The fraction of sp³-hybridized carbons (Fsp3) is 0.381. The number of carbonyl (C=O) groups is 1. The van der Waals surface area contributed by atoms with Gasteiger partial charge in [-0.1, -0.05) is 36.6 Å². The molecule has 0 bridgehead atoms. The second kappa shape index (κ2) is 8.24. The molecule has 1 atom stereocenters. The molecule has 0 spiro atoms. The highest BCUT2D eigenvalue weighted by molar-refractivity contribution is 7.92. The Kier molecular flexibility index (Phi) is 5.69. The minimum Gasteiger partial charge on any atom is -0.476 e. The predicted octanol–water partition coefficient (Wildman–Crippen LogP) is 3.70. The summed E-state index contributed by atoms with van der Waals surface area (Å²) in [6, 6.07) is 12.9. The molecular weight excluding hydrogens is 412 g/mol. The van der Waals surface area contributed by atoms with Crippen LogP contribution >= 0.6 is 11.6 Å². The summed E-state index contributed by atoms with van der Waals surface area (Å²) in [7, 11) is -3.87. The molecule has 6 nitrogen and oxygen atoms in total. The molecule has 0 N–H and O–H groups in total. The molecule has 2 aromatic rings. The van der Waals surface area contributed by atoms with Gasteiger partial charge in [0.1, 0.15) is 5.75 Å². The van der Waals surface area contributed by atoms with Gasteiger partial charge in [-0.05, 0) is 49.2 Å². The Morgan fingerprint density at radius 2 is 1.62 bits per heavy atom. The normalized spacial score (nSPS) is 19.8. The average Bonchev–Trinajstić information content (AvgIpc) is 3.02. The minimum absolute atomic E-state index is 0.0582. The molecule has 2 aliphatic rings. The molecule has 1 saturated heterocycles. The molecule has 0 aromatic heterocycles. The summed E-state index contributed by atoms with van der Waals surface area (Å²) >= 11 is 5.91. The number of anilines is 1. The third kappa shape index (κ3) is 4.07. The van der Waals surface area contributed by atoms with Gasteiger partial charge in [-0.2, -0.15) is 0 Å². The summed E-state index contributed by atoms with van der Waals surface area (Å²) in [5.74, 6) is 0.238. The van der Waals surface area contributed by atoms with Crippen LogP contribution in [0.1, 0.15) is 25.7 Å². The molecule has 0 radical (unpaired) electrons. The first-order chi connectivity index (χ1) is 14.0. The zero-order chi connectivity index (χ0) is 20.4. The first kappa shape index (κ1) is 20.0. The highest BCUT2D eigenvalue weighted by Crippen LogP contribution is 2.37. The van der Waals surface area contributed by atoms with E-state index in [1.807, 2.05) is 0 Å². The summed E-state index contributed by atoms with van der Waals surface area (Å²) in [5, 5.41) is 0.459. The van der Waals surface area contributed by atoms with Crippen LogP contribution in [0.25, 0.3) is 0 Å². The van der Waals surface area contributed by atoms with Gasteiger partial charge in [-0.3, -0.25) is 9.10 Å². The first-order valence-corrected chi connectivity index (χ1v) is 11.6. The number of sulfonamides is 1. The number of fused-ring (bicyclic) bond motifs is 1. The van der Waals surface area contributed by atoms with Crippen LogP contribution in [0, 0.1) is 0 Å². The lowest BCUT2D eigenvalue weighted by atomic mass is 10.2. The fourth-order valence-corrected chi connectivity index (χ4v) is 5.39. The van der Waals surface area contributed by atoms with Crippen LogP contribution in [0.15, 0.2) is 53.4 Å². The van der Waals surface area contributed by atoms with Crippen LogP contribution in [0.3, 0.4) is 0 Å². The zero-order valence-electron chi connectivity index (χ0n) is 16.0. The maximum absolute atomic E-state index is 13.4. The summed E-state index contributed by atoms with van der Waals surface area (Å²) in [5.41, 5.74) is 0.433. The van der Waals surface area contributed by atoms with Gasteiger partial charge in [-0.15, -0.1) is 0 Å². The van der Waals surface area contributed by atoms with Crippen LogP contribution < -0.4 is 9.04 Å². The topological polar surface area (TPSA) is 66.9 Å². The van der Waals surface area contributed by atoms with E-state index >= 15 is 0 Å². The van der Waals surface area contributed by atoms with Crippen LogP contribution in [0.2, 0.25) is 5.02 Å². The van der Waals surface area contributed by atoms with Gasteiger partial charge in [0.2, 0.25) is 0 Å². The Morgan fingerprint density at radius 1 is 0.966 bits per heavy atom. The Balaban J connectivity index is 1.67. The van der Waals surface area contributed by atoms with Crippen LogP contribution in [0.5, 0.6) is 5.75 Å². The van der Waals surface area contributed by atoms with Gasteiger partial charge in [-0.25, -0.2) is 8.42 Å². The number of benzene rings is 2. The van der Waals surface area contributed by atoms with Gasteiger partial charge >= 0.3 is 0 Å². The van der Waals surface area contributed by atoms with Crippen molar-refractivity contribution in [3.8, 4) is 5.75 Å². The fourth-order valence-electron chi connectivity index (χ4n) is 3.79. The van der Waals surface area contributed by atoms with Gasteiger partial charge in [0.05, 0.1) is 17.1 Å². The SMILES string of the molecule is O=C([C@@H]1CN(S(=O)(=O)c2ccc(Cl)cc2)c2ccccc2O1)N1CCCCCC1. The molecule has 4 rings (SSSR count). The molecule has 2 heterocycles. The minimum atomic E-state index is -3.87. The lowest BCUT2D eigenvalue weighted by Gasteiger charge is -2.36. The zero-order valence-corrected chi connectivity index (χ0v) is 17.5. The van der Waals surface area contributed by atoms with E-state index in [-0.39, 0.29) is 17.3 Å². The molecule has 2 aliphatic heterocycles. The molecule has 29 heavy (non-hydrogen) atoms. The van der Waals surface area contributed by atoms with E-state index in [1.54, 1.807) is 41.3 Å². The van der Waals surface area contributed by atoms with Crippen molar-refractivity contribution in [1.82, 2.24) is 4.90 Å². The Hall–Kier alpha value is -2.25. The molecule has 0 unspecified atom stereocenters. The summed E-state index contributed by atoms with van der Waals surface area (Å²) in [6.07, 6.45) is 3.26. The first-order valence-electron chi connectivity index (χ1n) is 9.79. The highest BCUT2D eigenvalue weighted by Gasteiger charge is 2.39. The Labute approximate surface area is 176 Å². The predicted molar refractivity (Wildman–Crippen MR) is 112 cm³/mol. The number of ether oxygens (including phenoxy) is 1. The van der Waals surface area contributed by atoms with Crippen LogP contribution in [-0.4, -0.2) is 45.0 Å². The average molecular weight is 435 g/mol. The second-order valence-corrected chi connectivity index (χ2v) is 9.60. The van der Waals surface area contributed by atoms with E-state index < -0.39 is 16.1 Å². The van der Waals surface area contributed by atoms with E-state index in [0.717, 1.165) is 25.7 Å². The third-order valence-electron chi connectivity index (χ3n) is 5.33. The van der Waals surface area contributed by atoms with Crippen LogP contribution in [0.4, 0.5) is 5.69 Å². The van der Waals surface area contributed by atoms with Gasteiger partial charge in [0.15, 0.2) is 6.10 Å². The maximum atomic E-state index is 13.4. The molecule has 1 fully saturated rings. The van der Waals surface area contributed by atoms with Crippen molar-refractivity contribution in [3.63, 3.8) is 0 Å². The standard InChI is InChI=1S/C21H23ClN2O4S/c22-16-9-11-17(12-10-16)29(26,27)24-15-20(28-19-8-4-3-7-18(19)24)21(25)23-13-5-1-2-6-14-23/h3-4,7-12,20H,1-2,5-6,13-15H2/t20-/m0/s1. The van der Waals surface area contributed by atoms with Crippen molar-refractivity contribution >= 4 is 33.2 Å². The van der Waals surface area contributed by atoms with Crippen molar-refractivity contribution in [1.29, 1.82) is 0 Å². The van der Waals surface area contributed by atoms with E-state index in [0.29, 0.717) is 29.5 Å². The maximum Gasteiger partial charge on any atom is 0.265 e. The van der Waals surface area contributed by atoms with Crippen molar-refractivity contribution in [2.45, 2.75) is 36.7 Å². The molecule has 154 valence electrons. The van der Waals surface area contributed by atoms with Crippen molar-refractivity contribution in [2.75, 3.05) is 23.9 Å².